The number of hydrogen-bond donors (Lipinski definition) is 0. The zero-order valence-corrected chi connectivity index (χ0v) is 8.43. The zero-order valence-electron chi connectivity index (χ0n) is 8.43. The van der Waals surface area contributed by atoms with Crippen LogP contribution in [0.2, 0.25) is 0 Å². The van der Waals surface area contributed by atoms with Gasteiger partial charge in [0.1, 0.15) is 0 Å². The van der Waals surface area contributed by atoms with Gasteiger partial charge in [0.15, 0.2) is 0 Å². The van der Waals surface area contributed by atoms with E-state index in [0.29, 0.717) is 6.04 Å². The third-order valence-electron chi connectivity index (χ3n) is 2.61. The molecule has 0 saturated carbocycles. The molecule has 68 valence electrons. The maximum absolute atomic E-state index is 4.09. The predicted molar refractivity (Wildman–Crippen MR) is 54.2 cm³/mol. The maximum Gasteiger partial charge on any atom is 0.0230 e. The SMILES string of the molecule is C=C1CN(C)C(C)C/C1=C/CC. The summed E-state index contributed by atoms with van der Waals surface area (Å²) in [4.78, 5) is 2.36. The molecule has 1 nitrogen and oxygen atoms in total. The van der Waals surface area contributed by atoms with Crippen LogP contribution >= 0.6 is 0 Å². The fraction of sp³-hybridized carbons (Fsp3) is 0.636. The summed E-state index contributed by atoms with van der Waals surface area (Å²) in [7, 11) is 2.17. The van der Waals surface area contributed by atoms with Crippen LogP contribution in [0, 0.1) is 0 Å². The number of nitrogens with zero attached hydrogens (tertiary/aromatic N) is 1. The molecule has 0 spiro atoms. The van der Waals surface area contributed by atoms with Crippen molar-refractivity contribution in [1.82, 2.24) is 4.90 Å². The average molecular weight is 165 g/mol. The molecule has 1 rings (SSSR count). The Bertz CT molecular complexity index is 203. The van der Waals surface area contributed by atoms with Gasteiger partial charge in [-0.2, -0.15) is 0 Å². The van der Waals surface area contributed by atoms with E-state index in [1.54, 1.807) is 0 Å². The first-order valence-corrected chi connectivity index (χ1v) is 4.72. The van der Waals surface area contributed by atoms with Crippen LogP contribution in [0.4, 0.5) is 0 Å². The molecule has 1 fully saturated rings. The highest BCUT2D eigenvalue weighted by Crippen LogP contribution is 2.24. The molecular weight excluding hydrogens is 146 g/mol. The molecule has 0 bridgehead atoms. The number of hydrogen-bond acceptors (Lipinski definition) is 1. The summed E-state index contributed by atoms with van der Waals surface area (Å²) in [5.41, 5.74) is 2.78. The van der Waals surface area contributed by atoms with E-state index in [0.717, 1.165) is 13.0 Å². The Morgan fingerprint density at radius 1 is 1.67 bits per heavy atom. The van der Waals surface area contributed by atoms with Crippen LogP contribution in [0.1, 0.15) is 26.7 Å². The quantitative estimate of drug-likeness (QED) is 0.577. The fourth-order valence-electron chi connectivity index (χ4n) is 1.65. The third kappa shape index (κ3) is 1.98. The largest absolute Gasteiger partial charge is 0.299 e. The van der Waals surface area contributed by atoms with E-state index in [4.69, 9.17) is 0 Å². The minimum Gasteiger partial charge on any atom is -0.299 e. The van der Waals surface area contributed by atoms with Gasteiger partial charge in [0.25, 0.3) is 0 Å². The van der Waals surface area contributed by atoms with Gasteiger partial charge in [-0.05, 0) is 38.0 Å². The van der Waals surface area contributed by atoms with Gasteiger partial charge in [-0.15, -0.1) is 0 Å². The number of piperidine rings is 1. The lowest BCUT2D eigenvalue weighted by atomic mass is 9.94. The highest BCUT2D eigenvalue weighted by atomic mass is 15.1. The van der Waals surface area contributed by atoms with E-state index in [-0.39, 0.29) is 0 Å². The van der Waals surface area contributed by atoms with E-state index in [2.05, 4.69) is 38.5 Å². The molecule has 0 aliphatic carbocycles. The standard InChI is InChI=1S/C11H19N/c1-5-6-11-7-10(3)12(4)8-9(11)2/h6,10H,2,5,7-8H2,1,3-4H3/b11-6-. The van der Waals surface area contributed by atoms with Crippen molar-refractivity contribution in [1.29, 1.82) is 0 Å². The molecule has 1 unspecified atom stereocenters. The highest BCUT2D eigenvalue weighted by Gasteiger charge is 2.19. The van der Waals surface area contributed by atoms with Gasteiger partial charge in [0.05, 0.1) is 0 Å². The minimum absolute atomic E-state index is 0.674. The summed E-state index contributed by atoms with van der Waals surface area (Å²) in [5.74, 6) is 0. The van der Waals surface area contributed by atoms with E-state index in [1.165, 1.54) is 17.6 Å². The topological polar surface area (TPSA) is 3.24 Å². The summed E-state index contributed by atoms with van der Waals surface area (Å²) < 4.78 is 0. The lowest BCUT2D eigenvalue weighted by Gasteiger charge is -2.33. The maximum atomic E-state index is 4.09. The van der Waals surface area contributed by atoms with Gasteiger partial charge in [-0.1, -0.05) is 19.6 Å². The van der Waals surface area contributed by atoms with Crippen molar-refractivity contribution >= 4 is 0 Å². The Balaban J connectivity index is 2.68. The molecule has 1 aliphatic heterocycles. The predicted octanol–water partition coefficient (Wildman–Crippen LogP) is 2.60. The lowest BCUT2D eigenvalue weighted by molar-refractivity contribution is 0.260. The van der Waals surface area contributed by atoms with E-state index in [9.17, 15) is 0 Å². The Hall–Kier alpha value is -0.560. The summed E-state index contributed by atoms with van der Waals surface area (Å²) >= 11 is 0. The molecule has 0 aromatic rings. The second-order valence-corrected chi connectivity index (χ2v) is 3.71. The molecule has 0 aromatic heterocycles. The van der Waals surface area contributed by atoms with E-state index < -0.39 is 0 Å². The Labute approximate surface area is 75.8 Å². The number of allylic oxidation sites excluding steroid dienone is 1. The summed E-state index contributed by atoms with van der Waals surface area (Å²) in [6.45, 7) is 9.58. The Kier molecular flexibility index (Phi) is 3.10. The normalized spacial score (nSPS) is 29.8. The summed E-state index contributed by atoms with van der Waals surface area (Å²) in [5, 5.41) is 0. The van der Waals surface area contributed by atoms with E-state index in [1.807, 2.05) is 0 Å². The molecule has 0 radical (unpaired) electrons. The van der Waals surface area contributed by atoms with Gasteiger partial charge in [0.2, 0.25) is 0 Å². The van der Waals surface area contributed by atoms with Crippen LogP contribution in [-0.4, -0.2) is 24.5 Å². The Morgan fingerprint density at radius 2 is 2.33 bits per heavy atom. The second-order valence-electron chi connectivity index (χ2n) is 3.71. The minimum atomic E-state index is 0.674. The third-order valence-corrected chi connectivity index (χ3v) is 2.61. The average Bonchev–Trinajstić information content (AvgIpc) is 2.01. The van der Waals surface area contributed by atoms with Crippen LogP contribution < -0.4 is 0 Å². The van der Waals surface area contributed by atoms with Crippen molar-refractivity contribution in [2.75, 3.05) is 13.6 Å². The van der Waals surface area contributed by atoms with Crippen LogP contribution in [0.5, 0.6) is 0 Å². The lowest BCUT2D eigenvalue weighted by Crippen LogP contribution is -2.35. The molecule has 1 heteroatoms. The van der Waals surface area contributed by atoms with Gasteiger partial charge < -0.3 is 0 Å². The Morgan fingerprint density at radius 3 is 2.92 bits per heavy atom. The summed E-state index contributed by atoms with van der Waals surface area (Å²) in [6, 6.07) is 0.674. The van der Waals surface area contributed by atoms with Crippen molar-refractivity contribution in [3.63, 3.8) is 0 Å². The highest BCUT2D eigenvalue weighted by molar-refractivity contribution is 5.32. The molecular formula is C11H19N. The monoisotopic (exact) mass is 165 g/mol. The fourth-order valence-corrected chi connectivity index (χ4v) is 1.65. The van der Waals surface area contributed by atoms with Crippen LogP contribution in [0.3, 0.4) is 0 Å². The molecule has 1 atom stereocenters. The molecule has 0 N–H and O–H groups in total. The van der Waals surface area contributed by atoms with Crippen molar-refractivity contribution in [2.45, 2.75) is 32.7 Å². The van der Waals surface area contributed by atoms with Crippen molar-refractivity contribution in [3.05, 3.63) is 23.8 Å². The van der Waals surface area contributed by atoms with Gasteiger partial charge in [-0.25, -0.2) is 0 Å². The van der Waals surface area contributed by atoms with Crippen LogP contribution in [0.25, 0.3) is 0 Å². The first-order valence-electron chi connectivity index (χ1n) is 4.72. The van der Waals surface area contributed by atoms with Crippen molar-refractivity contribution in [2.24, 2.45) is 0 Å². The van der Waals surface area contributed by atoms with Gasteiger partial charge >= 0.3 is 0 Å². The second kappa shape index (κ2) is 3.90. The first-order chi connectivity index (χ1) is 5.65. The molecule has 1 aliphatic rings. The number of likely N-dealkylation sites (N-methyl/N-ethyl adjacent to an activating group) is 1. The van der Waals surface area contributed by atoms with Crippen molar-refractivity contribution < 1.29 is 0 Å². The summed E-state index contributed by atoms with van der Waals surface area (Å²) in [6.07, 6.45) is 4.61. The molecule has 1 heterocycles. The van der Waals surface area contributed by atoms with Gasteiger partial charge in [0, 0.05) is 12.6 Å². The molecule has 0 amide bonds. The van der Waals surface area contributed by atoms with Gasteiger partial charge in [-0.3, -0.25) is 4.90 Å². The molecule has 0 aromatic carbocycles. The van der Waals surface area contributed by atoms with E-state index >= 15 is 0 Å². The first kappa shape index (κ1) is 9.53. The zero-order chi connectivity index (χ0) is 9.14. The molecule has 1 saturated heterocycles. The van der Waals surface area contributed by atoms with Crippen LogP contribution in [-0.2, 0) is 0 Å². The molecule has 12 heavy (non-hydrogen) atoms. The number of rotatable bonds is 1. The smallest absolute Gasteiger partial charge is 0.0230 e. The number of likely N-dealkylation sites (tertiary alicyclic amines) is 1. The van der Waals surface area contributed by atoms with Crippen LogP contribution in [0.15, 0.2) is 23.8 Å². The van der Waals surface area contributed by atoms with Crippen molar-refractivity contribution in [3.8, 4) is 0 Å².